The summed E-state index contributed by atoms with van der Waals surface area (Å²) in [6.45, 7) is 7.69. The van der Waals surface area contributed by atoms with Crippen molar-refractivity contribution in [2.75, 3.05) is 0 Å². The van der Waals surface area contributed by atoms with E-state index in [4.69, 9.17) is 4.74 Å². The van der Waals surface area contributed by atoms with E-state index in [2.05, 4.69) is 10.1 Å². The summed E-state index contributed by atoms with van der Waals surface area (Å²) in [5.41, 5.74) is 1.64. The van der Waals surface area contributed by atoms with Gasteiger partial charge in [-0.25, -0.2) is 9.18 Å². The zero-order valence-electron chi connectivity index (χ0n) is 18.1. The first-order chi connectivity index (χ1) is 15.2. The third-order valence-electron chi connectivity index (χ3n) is 5.46. The van der Waals surface area contributed by atoms with Gasteiger partial charge in [-0.2, -0.15) is 5.10 Å². The van der Waals surface area contributed by atoms with Gasteiger partial charge in [0, 0.05) is 28.8 Å². The van der Waals surface area contributed by atoms with Crippen LogP contribution in [-0.4, -0.2) is 26.8 Å². The van der Waals surface area contributed by atoms with Crippen LogP contribution in [0.4, 0.5) is 9.18 Å². The number of allylic oxidation sites excluding steroid dienone is 1. The molecule has 1 atom stereocenters. The fraction of sp³-hybridized carbons (Fsp3) is 0.304. The van der Waals surface area contributed by atoms with Gasteiger partial charge in [0.15, 0.2) is 5.76 Å². The molecule has 0 saturated carbocycles. The van der Waals surface area contributed by atoms with Crippen LogP contribution in [0.3, 0.4) is 0 Å². The Kier molecular flexibility index (Phi) is 5.41. The van der Waals surface area contributed by atoms with E-state index in [0.717, 1.165) is 0 Å². The number of halogens is 1. The molecule has 1 unspecified atom stereocenters. The lowest BCUT2D eigenvalue weighted by atomic mass is 9.88. The molecule has 0 spiro atoms. The summed E-state index contributed by atoms with van der Waals surface area (Å²) >= 11 is 0. The minimum Gasteiger partial charge on any atom is -0.404 e. The van der Waals surface area contributed by atoms with Crippen LogP contribution in [0.25, 0.3) is 22.2 Å². The van der Waals surface area contributed by atoms with E-state index in [1.807, 2.05) is 33.0 Å². The highest BCUT2D eigenvalue weighted by Crippen LogP contribution is 2.29. The van der Waals surface area contributed by atoms with Crippen LogP contribution in [0, 0.1) is 11.7 Å². The van der Waals surface area contributed by atoms with Gasteiger partial charge < -0.3 is 9.72 Å². The van der Waals surface area contributed by atoms with Crippen molar-refractivity contribution in [2.24, 2.45) is 5.92 Å². The Labute approximate surface area is 183 Å². The van der Waals surface area contributed by atoms with Crippen molar-refractivity contribution in [1.29, 1.82) is 0 Å². The second-order valence-corrected chi connectivity index (χ2v) is 8.37. The summed E-state index contributed by atoms with van der Waals surface area (Å²) in [6, 6.07) is 6.55. The SMILES string of the molecule is CC(C)C(C=C1OC(=O)NC1=O)c1ccc(-c2cc(F)c3cnn(C(C)C)c3c2)[nH]c1=O. The first-order valence-corrected chi connectivity index (χ1v) is 10.3. The van der Waals surface area contributed by atoms with Crippen molar-refractivity contribution in [3.05, 3.63) is 64.0 Å². The molecule has 166 valence electrons. The van der Waals surface area contributed by atoms with Crippen LogP contribution < -0.4 is 10.9 Å². The molecule has 2 aromatic heterocycles. The van der Waals surface area contributed by atoms with Gasteiger partial charge in [0.1, 0.15) is 5.82 Å². The number of nitrogens with one attached hydrogen (secondary N) is 2. The molecule has 2 N–H and O–H groups in total. The fourth-order valence-corrected chi connectivity index (χ4v) is 3.83. The Morgan fingerprint density at radius 2 is 1.88 bits per heavy atom. The number of ether oxygens (including phenoxy) is 1. The van der Waals surface area contributed by atoms with E-state index in [-0.39, 0.29) is 23.3 Å². The molecule has 0 aliphatic carbocycles. The molecule has 3 aromatic rings. The van der Waals surface area contributed by atoms with E-state index in [9.17, 15) is 18.8 Å². The highest BCUT2D eigenvalue weighted by Gasteiger charge is 2.29. The van der Waals surface area contributed by atoms with Gasteiger partial charge in [-0.05, 0) is 44.0 Å². The third-order valence-corrected chi connectivity index (χ3v) is 5.46. The van der Waals surface area contributed by atoms with Crippen molar-refractivity contribution in [2.45, 2.75) is 39.7 Å². The van der Waals surface area contributed by atoms with Gasteiger partial charge in [-0.3, -0.25) is 19.6 Å². The summed E-state index contributed by atoms with van der Waals surface area (Å²) in [4.78, 5) is 38.9. The first-order valence-electron chi connectivity index (χ1n) is 10.3. The van der Waals surface area contributed by atoms with Crippen LogP contribution in [0.15, 0.2) is 47.1 Å². The Hall–Kier alpha value is -3.75. The van der Waals surface area contributed by atoms with Crippen LogP contribution in [-0.2, 0) is 9.53 Å². The minimum atomic E-state index is -0.842. The van der Waals surface area contributed by atoms with E-state index in [1.165, 1.54) is 18.3 Å². The smallest absolute Gasteiger partial charge is 0.404 e. The molecule has 1 fully saturated rings. The Morgan fingerprint density at radius 3 is 2.47 bits per heavy atom. The lowest BCUT2D eigenvalue weighted by Gasteiger charge is -2.17. The normalized spacial score (nSPS) is 16.3. The molecule has 2 amide bonds. The molecular weight excluding hydrogens is 415 g/mol. The van der Waals surface area contributed by atoms with Crippen molar-refractivity contribution in [3.63, 3.8) is 0 Å². The molecule has 1 saturated heterocycles. The third kappa shape index (κ3) is 3.81. The van der Waals surface area contributed by atoms with Gasteiger partial charge in [-0.15, -0.1) is 0 Å². The highest BCUT2D eigenvalue weighted by molar-refractivity contribution is 6.07. The molecule has 32 heavy (non-hydrogen) atoms. The summed E-state index contributed by atoms with van der Waals surface area (Å²) in [5.74, 6) is -1.73. The number of pyridine rings is 1. The van der Waals surface area contributed by atoms with Gasteiger partial charge in [0.2, 0.25) is 0 Å². The molecule has 0 radical (unpaired) electrons. The molecule has 4 rings (SSSR count). The van der Waals surface area contributed by atoms with Crippen LogP contribution >= 0.6 is 0 Å². The molecule has 3 heterocycles. The van der Waals surface area contributed by atoms with Gasteiger partial charge in [-0.1, -0.05) is 19.9 Å². The number of aromatic amines is 1. The summed E-state index contributed by atoms with van der Waals surface area (Å²) in [5, 5.41) is 6.71. The average molecular weight is 438 g/mol. The number of imide groups is 1. The van der Waals surface area contributed by atoms with Crippen LogP contribution in [0.1, 0.15) is 45.2 Å². The summed E-state index contributed by atoms with van der Waals surface area (Å²) < 4.78 is 21.3. The van der Waals surface area contributed by atoms with Crippen molar-refractivity contribution >= 4 is 22.9 Å². The monoisotopic (exact) mass is 438 g/mol. The number of alkyl carbamates (subject to hydrolysis) is 1. The number of hydrogen-bond donors (Lipinski definition) is 2. The van der Waals surface area contributed by atoms with Crippen molar-refractivity contribution in [1.82, 2.24) is 20.1 Å². The number of aromatic nitrogens is 3. The molecular formula is C23H23FN4O4. The van der Waals surface area contributed by atoms with Gasteiger partial charge >= 0.3 is 6.09 Å². The molecule has 8 nitrogen and oxygen atoms in total. The van der Waals surface area contributed by atoms with E-state index in [0.29, 0.717) is 27.7 Å². The maximum Gasteiger partial charge on any atom is 0.419 e. The highest BCUT2D eigenvalue weighted by atomic mass is 19.1. The number of H-pyrrole nitrogens is 1. The molecule has 1 aliphatic rings. The maximum absolute atomic E-state index is 14.7. The number of amides is 2. The zero-order valence-corrected chi connectivity index (χ0v) is 18.1. The number of carbonyl (C=O) groups is 2. The quantitative estimate of drug-likeness (QED) is 0.586. The van der Waals surface area contributed by atoms with Crippen molar-refractivity contribution < 1.29 is 18.7 Å². The van der Waals surface area contributed by atoms with Gasteiger partial charge in [0.05, 0.1) is 17.1 Å². The lowest BCUT2D eigenvalue weighted by Crippen LogP contribution is -2.21. The van der Waals surface area contributed by atoms with Crippen molar-refractivity contribution in [3.8, 4) is 11.3 Å². The second-order valence-electron chi connectivity index (χ2n) is 8.37. The van der Waals surface area contributed by atoms with Gasteiger partial charge in [0.25, 0.3) is 11.5 Å². The number of rotatable bonds is 5. The zero-order chi connectivity index (χ0) is 23.2. The lowest BCUT2D eigenvalue weighted by molar-refractivity contribution is -0.116. The summed E-state index contributed by atoms with van der Waals surface area (Å²) in [7, 11) is 0. The number of nitrogens with zero attached hydrogens (tertiary/aromatic N) is 2. The standard InChI is InChI=1S/C23H23FN4O4/c1-11(2)15(9-20-22(30)27-23(31)32-20)14-5-6-18(26-21(14)29)13-7-17(24)16-10-25-28(12(3)4)19(16)8-13/h5-12,15H,1-4H3,(H,26,29)(H,27,30,31). The Balaban J connectivity index is 1.75. The second kappa shape index (κ2) is 8.07. The van der Waals surface area contributed by atoms with E-state index in [1.54, 1.807) is 22.9 Å². The maximum atomic E-state index is 14.7. The van der Waals surface area contributed by atoms with Crippen LogP contribution in [0.5, 0.6) is 0 Å². The molecule has 1 aromatic carbocycles. The minimum absolute atomic E-state index is 0.0466. The topological polar surface area (TPSA) is 106 Å². The molecule has 0 bridgehead atoms. The predicted molar refractivity (Wildman–Crippen MR) is 116 cm³/mol. The first kappa shape index (κ1) is 21.5. The Morgan fingerprint density at radius 1 is 1.12 bits per heavy atom. The molecule has 1 aliphatic heterocycles. The molecule has 9 heteroatoms. The van der Waals surface area contributed by atoms with E-state index >= 15 is 0 Å². The van der Waals surface area contributed by atoms with E-state index < -0.39 is 23.7 Å². The fourth-order valence-electron chi connectivity index (χ4n) is 3.83. The number of carbonyl (C=O) groups excluding carboxylic acids is 2. The predicted octanol–water partition coefficient (Wildman–Crippen LogP) is 4.00. The number of cyclic esters (lactones) is 1. The number of benzene rings is 1. The van der Waals surface area contributed by atoms with Crippen LogP contribution in [0.2, 0.25) is 0 Å². The summed E-state index contributed by atoms with van der Waals surface area (Å²) in [6.07, 6.45) is 2.13. The largest absolute Gasteiger partial charge is 0.419 e. The number of hydrogen-bond acceptors (Lipinski definition) is 5. The number of fused-ring (bicyclic) bond motifs is 1. The average Bonchev–Trinajstić information content (AvgIpc) is 3.29. The Bertz CT molecular complexity index is 1320.